The quantitative estimate of drug-likeness (QED) is 0.760. The van der Waals surface area contributed by atoms with Gasteiger partial charge >= 0.3 is 5.97 Å². The number of carboxylic acid groups (broad SMARTS) is 1. The maximum absolute atomic E-state index is 12.3. The molecule has 1 aromatic carbocycles. The third-order valence-electron chi connectivity index (χ3n) is 3.67. The van der Waals surface area contributed by atoms with Crippen molar-refractivity contribution in [2.75, 3.05) is 19.4 Å². The maximum atomic E-state index is 12.3. The van der Waals surface area contributed by atoms with Crippen LogP contribution in [0.2, 0.25) is 0 Å². The van der Waals surface area contributed by atoms with E-state index >= 15 is 0 Å². The lowest BCUT2D eigenvalue weighted by Gasteiger charge is -2.09. The van der Waals surface area contributed by atoms with Crippen molar-refractivity contribution in [1.29, 1.82) is 0 Å². The highest BCUT2D eigenvalue weighted by molar-refractivity contribution is 7.89. The van der Waals surface area contributed by atoms with Gasteiger partial charge in [0.05, 0.1) is 0 Å². The Balaban J connectivity index is 2.19. The van der Waals surface area contributed by atoms with Crippen molar-refractivity contribution in [2.45, 2.75) is 24.7 Å². The van der Waals surface area contributed by atoms with Gasteiger partial charge in [-0.1, -0.05) is 12.1 Å². The molecule has 0 saturated carbocycles. The van der Waals surface area contributed by atoms with Gasteiger partial charge in [0.2, 0.25) is 10.0 Å². The first-order chi connectivity index (χ1) is 12.1. The third kappa shape index (κ3) is 4.50. The summed E-state index contributed by atoms with van der Waals surface area (Å²) in [5, 5.41) is 11.4. The van der Waals surface area contributed by atoms with E-state index in [1.165, 1.54) is 27.1 Å². The number of aliphatic carboxylic acids is 1. The first kappa shape index (κ1) is 19.7. The smallest absolute Gasteiger partial charge is 0.303 e. The molecule has 1 amide bonds. The molecule has 8 nitrogen and oxygen atoms in total. The number of sulfonamides is 1. The minimum Gasteiger partial charge on any atom is -0.481 e. The molecule has 0 unspecified atom stereocenters. The van der Waals surface area contributed by atoms with E-state index in [0.717, 1.165) is 9.87 Å². The zero-order valence-corrected chi connectivity index (χ0v) is 15.5. The lowest BCUT2D eigenvalue weighted by molar-refractivity contribution is -0.136. The molecule has 26 heavy (non-hydrogen) atoms. The van der Waals surface area contributed by atoms with Gasteiger partial charge in [-0.3, -0.25) is 9.59 Å². The second-order valence-corrected chi connectivity index (χ2v) is 7.99. The number of amides is 1. The van der Waals surface area contributed by atoms with Crippen LogP contribution in [0, 0.1) is 6.92 Å². The Morgan fingerprint density at radius 1 is 1.23 bits per heavy atom. The van der Waals surface area contributed by atoms with Gasteiger partial charge in [-0.2, -0.15) is 0 Å². The molecule has 0 aliphatic carbocycles. The van der Waals surface area contributed by atoms with Crippen LogP contribution in [-0.4, -0.2) is 43.8 Å². The SMILES string of the molecule is Cc1oc(C(=O)Nc2cccc(CCC(=O)O)c2)cc1S(=O)(=O)N(C)C. The fraction of sp³-hybridized carbons (Fsp3) is 0.294. The molecular formula is C17H20N2O6S. The van der Waals surface area contributed by atoms with Crippen molar-refractivity contribution in [3.8, 4) is 0 Å². The fourth-order valence-corrected chi connectivity index (χ4v) is 3.33. The molecule has 0 bridgehead atoms. The molecule has 1 aromatic heterocycles. The molecule has 0 aliphatic heterocycles. The number of carbonyl (C=O) groups excluding carboxylic acids is 1. The lowest BCUT2D eigenvalue weighted by atomic mass is 10.1. The van der Waals surface area contributed by atoms with Gasteiger partial charge in [-0.05, 0) is 31.0 Å². The van der Waals surface area contributed by atoms with E-state index in [1.807, 2.05) is 0 Å². The number of carboxylic acids is 1. The number of hydrogen-bond donors (Lipinski definition) is 2. The van der Waals surface area contributed by atoms with Gasteiger partial charge < -0.3 is 14.8 Å². The topological polar surface area (TPSA) is 117 Å². The first-order valence-corrected chi connectivity index (χ1v) is 9.20. The molecule has 0 fully saturated rings. The van der Waals surface area contributed by atoms with Gasteiger partial charge in [0.1, 0.15) is 10.7 Å². The summed E-state index contributed by atoms with van der Waals surface area (Å²) >= 11 is 0. The summed E-state index contributed by atoms with van der Waals surface area (Å²) < 4.78 is 30.7. The number of furan rings is 1. The van der Waals surface area contributed by atoms with Crippen LogP contribution in [0.15, 0.2) is 39.6 Å². The lowest BCUT2D eigenvalue weighted by Crippen LogP contribution is -2.22. The molecule has 1 heterocycles. The number of benzene rings is 1. The summed E-state index contributed by atoms with van der Waals surface area (Å²) in [5.74, 6) is -1.50. The molecule has 0 radical (unpaired) electrons. The number of anilines is 1. The Morgan fingerprint density at radius 3 is 2.54 bits per heavy atom. The highest BCUT2D eigenvalue weighted by Gasteiger charge is 2.25. The Morgan fingerprint density at radius 2 is 1.92 bits per heavy atom. The molecule has 140 valence electrons. The average Bonchev–Trinajstić information content (AvgIpc) is 2.96. The highest BCUT2D eigenvalue weighted by atomic mass is 32.2. The van der Waals surface area contributed by atoms with E-state index in [0.29, 0.717) is 12.1 Å². The number of nitrogens with zero attached hydrogens (tertiary/aromatic N) is 1. The monoisotopic (exact) mass is 380 g/mol. The summed E-state index contributed by atoms with van der Waals surface area (Å²) in [6.45, 7) is 1.47. The van der Waals surface area contributed by atoms with Crippen LogP contribution < -0.4 is 5.32 Å². The van der Waals surface area contributed by atoms with Crippen molar-refractivity contribution in [3.05, 3.63) is 47.4 Å². The molecule has 9 heteroatoms. The van der Waals surface area contributed by atoms with Crippen LogP contribution in [-0.2, 0) is 21.2 Å². The molecule has 0 aliphatic rings. The first-order valence-electron chi connectivity index (χ1n) is 7.76. The molecule has 2 aromatic rings. The second-order valence-electron chi connectivity index (χ2n) is 5.87. The van der Waals surface area contributed by atoms with Crippen LogP contribution >= 0.6 is 0 Å². The van der Waals surface area contributed by atoms with Gasteiger partial charge in [-0.15, -0.1) is 0 Å². The van der Waals surface area contributed by atoms with Gasteiger partial charge in [-0.25, -0.2) is 12.7 Å². The van der Waals surface area contributed by atoms with Crippen LogP contribution in [0.25, 0.3) is 0 Å². The predicted molar refractivity (Wildman–Crippen MR) is 94.7 cm³/mol. The van der Waals surface area contributed by atoms with E-state index in [2.05, 4.69) is 5.32 Å². The largest absolute Gasteiger partial charge is 0.481 e. The Kier molecular flexibility index (Phi) is 5.83. The molecular weight excluding hydrogens is 360 g/mol. The summed E-state index contributed by atoms with van der Waals surface area (Å²) in [7, 11) is -0.925. The number of rotatable bonds is 7. The molecule has 0 saturated heterocycles. The summed E-state index contributed by atoms with van der Waals surface area (Å²) in [6, 6.07) is 7.96. The van der Waals surface area contributed by atoms with Crippen LogP contribution in [0.3, 0.4) is 0 Å². The highest BCUT2D eigenvalue weighted by Crippen LogP contribution is 2.23. The van der Waals surface area contributed by atoms with Gasteiger partial charge in [0.25, 0.3) is 5.91 Å². The minimum absolute atomic E-state index is 0.0134. The van der Waals surface area contributed by atoms with Crippen molar-refractivity contribution >= 4 is 27.6 Å². The van der Waals surface area contributed by atoms with E-state index in [-0.39, 0.29) is 22.8 Å². The average molecular weight is 380 g/mol. The molecule has 2 N–H and O–H groups in total. The van der Waals surface area contributed by atoms with Gasteiger partial charge in [0, 0.05) is 32.3 Å². The van der Waals surface area contributed by atoms with E-state index in [9.17, 15) is 18.0 Å². The standard InChI is InChI=1S/C17H20N2O6S/c1-11-15(26(23,24)19(2)3)10-14(25-11)17(22)18-13-6-4-5-12(9-13)7-8-16(20)21/h4-6,9-10H,7-8H2,1-3H3,(H,18,22)(H,20,21). The zero-order chi connectivity index (χ0) is 19.5. The van der Waals surface area contributed by atoms with Crippen molar-refractivity contribution in [1.82, 2.24) is 4.31 Å². The van der Waals surface area contributed by atoms with Crippen LogP contribution in [0.5, 0.6) is 0 Å². The molecule has 0 spiro atoms. The summed E-state index contributed by atoms with van der Waals surface area (Å²) in [5.41, 5.74) is 1.22. The number of hydrogen-bond acceptors (Lipinski definition) is 5. The third-order valence-corrected chi connectivity index (χ3v) is 5.59. The molecule has 2 rings (SSSR count). The summed E-state index contributed by atoms with van der Waals surface area (Å²) in [6.07, 6.45) is 0.324. The van der Waals surface area contributed by atoms with E-state index in [4.69, 9.17) is 9.52 Å². The number of aryl methyl sites for hydroxylation is 2. The van der Waals surface area contributed by atoms with Gasteiger partial charge in [0.15, 0.2) is 5.76 Å². The summed E-state index contributed by atoms with van der Waals surface area (Å²) in [4.78, 5) is 22.9. The van der Waals surface area contributed by atoms with Crippen molar-refractivity contribution < 1.29 is 27.5 Å². The predicted octanol–water partition coefficient (Wildman–Crippen LogP) is 2.11. The normalized spacial score (nSPS) is 11.5. The van der Waals surface area contributed by atoms with Crippen molar-refractivity contribution in [3.63, 3.8) is 0 Å². The van der Waals surface area contributed by atoms with Crippen LogP contribution in [0.4, 0.5) is 5.69 Å². The maximum Gasteiger partial charge on any atom is 0.303 e. The minimum atomic E-state index is -3.71. The second kappa shape index (κ2) is 7.71. The fourth-order valence-electron chi connectivity index (χ4n) is 2.28. The Hall–Kier alpha value is -2.65. The molecule has 0 atom stereocenters. The van der Waals surface area contributed by atoms with Crippen molar-refractivity contribution in [2.24, 2.45) is 0 Å². The Bertz CT molecular complexity index is 930. The van der Waals surface area contributed by atoms with E-state index in [1.54, 1.807) is 24.3 Å². The number of carbonyl (C=O) groups is 2. The van der Waals surface area contributed by atoms with E-state index < -0.39 is 21.9 Å². The zero-order valence-electron chi connectivity index (χ0n) is 14.6. The van der Waals surface area contributed by atoms with Crippen LogP contribution in [0.1, 0.15) is 28.3 Å². The Labute approximate surface area is 151 Å². The number of nitrogens with one attached hydrogen (secondary N) is 1.